The summed E-state index contributed by atoms with van der Waals surface area (Å²) in [5.41, 5.74) is 1.34. The van der Waals surface area contributed by atoms with E-state index in [9.17, 15) is 14.7 Å². The SMILES string of the molecule is O=C1C(=O)N(Cc2cccs2)C(c2ccncc2)/C1=C(/O)c1ccc2ccccc2c1. The zero-order chi connectivity index (χ0) is 21.4. The third-order valence-electron chi connectivity index (χ3n) is 5.49. The molecule has 152 valence electrons. The van der Waals surface area contributed by atoms with Crippen molar-refractivity contribution in [2.45, 2.75) is 12.6 Å². The molecule has 0 aliphatic carbocycles. The Balaban J connectivity index is 1.66. The van der Waals surface area contributed by atoms with Crippen LogP contribution in [0.5, 0.6) is 0 Å². The number of aliphatic hydroxyl groups excluding tert-OH is 1. The van der Waals surface area contributed by atoms with Crippen molar-refractivity contribution in [1.29, 1.82) is 0 Å². The van der Waals surface area contributed by atoms with E-state index in [0.717, 1.165) is 21.2 Å². The highest BCUT2D eigenvalue weighted by molar-refractivity contribution is 7.09. The number of rotatable bonds is 4. The van der Waals surface area contributed by atoms with E-state index >= 15 is 0 Å². The van der Waals surface area contributed by atoms with Gasteiger partial charge in [0.05, 0.1) is 18.2 Å². The molecule has 3 heterocycles. The quantitative estimate of drug-likeness (QED) is 0.286. The summed E-state index contributed by atoms with van der Waals surface area (Å²) in [5.74, 6) is -1.46. The number of benzene rings is 2. The number of pyridine rings is 1. The molecule has 1 atom stereocenters. The third kappa shape index (κ3) is 3.41. The van der Waals surface area contributed by atoms with Crippen molar-refractivity contribution in [3.63, 3.8) is 0 Å². The summed E-state index contributed by atoms with van der Waals surface area (Å²) in [7, 11) is 0. The molecule has 1 saturated heterocycles. The van der Waals surface area contributed by atoms with E-state index in [0.29, 0.717) is 12.1 Å². The molecular formula is C25H18N2O3S. The largest absolute Gasteiger partial charge is 0.507 e. The van der Waals surface area contributed by atoms with Gasteiger partial charge in [0.25, 0.3) is 11.7 Å². The fourth-order valence-electron chi connectivity index (χ4n) is 4.00. The molecule has 1 amide bonds. The van der Waals surface area contributed by atoms with Gasteiger partial charge < -0.3 is 10.0 Å². The van der Waals surface area contributed by atoms with Gasteiger partial charge in [0.2, 0.25) is 0 Å². The lowest BCUT2D eigenvalue weighted by molar-refractivity contribution is -0.140. The number of carbonyl (C=O) groups excluding carboxylic acids is 2. The van der Waals surface area contributed by atoms with Crippen molar-refractivity contribution in [3.8, 4) is 0 Å². The highest BCUT2D eigenvalue weighted by Crippen LogP contribution is 2.40. The molecule has 1 N–H and O–H groups in total. The minimum atomic E-state index is -0.684. The van der Waals surface area contributed by atoms with E-state index in [-0.39, 0.29) is 11.3 Å². The molecule has 1 aliphatic rings. The zero-order valence-electron chi connectivity index (χ0n) is 16.4. The maximum Gasteiger partial charge on any atom is 0.295 e. The number of amides is 1. The Bertz CT molecular complexity index is 1310. The van der Waals surface area contributed by atoms with Crippen LogP contribution in [0.4, 0.5) is 0 Å². The van der Waals surface area contributed by atoms with E-state index in [4.69, 9.17) is 0 Å². The molecule has 1 unspecified atom stereocenters. The Morgan fingerprint density at radius 2 is 1.74 bits per heavy atom. The molecule has 5 rings (SSSR count). The number of thiophene rings is 1. The van der Waals surface area contributed by atoms with Crippen molar-refractivity contribution in [3.05, 3.63) is 106 Å². The highest BCUT2D eigenvalue weighted by Gasteiger charge is 2.46. The van der Waals surface area contributed by atoms with Crippen molar-refractivity contribution in [2.24, 2.45) is 0 Å². The minimum absolute atomic E-state index is 0.100. The molecule has 0 radical (unpaired) electrons. The van der Waals surface area contributed by atoms with Crippen LogP contribution in [0.25, 0.3) is 16.5 Å². The van der Waals surface area contributed by atoms with Crippen molar-refractivity contribution in [1.82, 2.24) is 9.88 Å². The fraction of sp³-hybridized carbons (Fsp3) is 0.0800. The lowest BCUT2D eigenvalue weighted by atomic mass is 9.95. The first-order valence-electron chi connectivity index (χ1n) is 9.83. The lowest BCUT2D eigenvalue weighted by Crippen LogP contribution is -2.28. The Labute approximate surface area is 182 Å². The number of nitrogens with zero attached hydrogens (tertiary/aromatic N) is 2. The molecule has 1 aliphatic heterocycles. The second-order valence-corrected chi connectivity index (χ2v) is 8.38. The highest BCUT2D eigenvalue weighted by atomic mass is 32.1. The predicted molar refractivity (Wildman–Crippen MR) is 120 cm³/mol. The van der Waals surface area contributed by atoms with Crippen LogP contribution in [-0.2, 0) is 16.1 Å². The van der Waals surface area contributed by atoms with Crippen molar-refractivity contribution < 1.29 is 14.7 Å². The van der Waals surface area contributed by atoms with Crippen LogP contribution in [0.1, 0.15) is 22.0 Å². The van der Waals surface area contributed by atoms with Gasteiger partial charge in [-0.25, -0.2) is 0 Å². The number of aliphatic hydroxyl groups is 1. The van der Waals surface area contributed by atoms with Gasteiger partial charge in [0, 0.05) is 22.8 Å². The van der Waals surface area contributed by atoms with Crippen LogP contribution in [0.3, 0.4) is 0 Å². The van der Waals surface area contributed by atoms with Crippen LogP contribution in [0, 0.1) is 0 Å². The fourth-order valence-corrected chi connectivity index (χ4v) is 4.70. The second kappa shape index (κ2) is 7.81. The minimum Gasteiger partial charge on any atom is -0.507 e. The van der Waals surface area contributed by atoms with Crippen LogP contribution in [-0.4, -0.2) is 26.7 Å². The zero-order valence-corrected chi connectivity index (χ0v) is 17.3. The summed E-state index contributed by atoms with van der Waals surface area (Å²) in [4.78, 5) is 32.6. The Morgan fingerprint density at radius 3 is 2.48 bits per heavy atom. The second-order valence-electron chi connectivity index (χ2n) is 7.35. The maximum atomic E-state index is 13.1. The van der Waals surface area contributed by atoms with E-state index in [1.165, 1.54) is 16.2 Å². The average molecular weight is 426 g/mol. The number of hydrogen-bond acceptors (Lipinski definition) is 5. The molecule has 0 bridgehead atoms. The molecule has 5 nitrogen and oxygen atoms in total. The topological polar surface area (TPSA) is 70.5 Å². The Morgan fingerprint density at radius 1 is 0.968 bits per heavy atom. The number of carbonyl (C=O) groups is 2. The molecule has 2 aromatic carbocycles. The number of aromatic nitrogens is 1. The molecule has 0 saturated carbocycles. The molecule has 0 spiro atoms. The molecule has 31 heavy (non-hydrogen) atoms. The van der Waals surface area contributed by atoms with Gasteiger partial charge in [-0.15, -0.1) is 11.3 Å². The van der Waals surface area contributed by atoms with Gasteiger partial charge in [-0.3, -0.25) is 14.6 Å². The van der Waals surface area contributed by atoms with Gasteiger partial charge in [-0.1, -0.05) is 42.5 Å². The lowest BCUT2D eigenvalue weighted by Gasteiger charge is -2.24. The van der Waals surface area contributed by atoms with Gasteiger partial charge in [0.1, 0.15) is 5.76 Å². The average Bonchev–Trinajstić information content (AvgIpc) is 3.41. The number of fused-ring (bicyclic) bond motifs is 1. The molecule has 2 aromatic heterocycles. The van der Waals surface area contributed by atoms with Crippen LogP contribution < -0.4 is 0 Å². The van der Waals surface area contributed by atoms with Crippen molar-refractivity contribution >= 4 is 39.6 Å². The summed E-state index contributed by atoms with van der Waals surface area (Å²) in [6.07, 6.45) is 3.24. The summed E-state index contributed by atoms with van der Waals surface area (Å²) >= 11 is 1.52. The standard InChI is InChI=1S/C25H18N2O3S/c28-23(19-8-7-16-4-1-2-5-18(16)14-19)21-22(17-9-11-26-12-10-17)27(25(30)24(21)29)15-20-6-3-13-31-20/h1-14,22,28H,15H2/b23-21-. The Kier molecular flexibility index (Phi) is 4.84. The smallest absolute Gasteiger partial charge is 0.295 e. The molecule has 1 fully saturated rings. The Hall–Kier alpha value is -3.77. The number of ketones is 1. The maximum absolute atomic E-state index is 13.1. The summed E-state index contributed by atoms with van der Waals surface area (Å²) in [6.45, 7) is 0.295. The number of Topliss-reactive ketones (excluding diaryl/α,β-unsaturated/α-hetero) is 1. The van der Waals surface area contributed by atoms with Crippen LogP contribution in [0.2, 0.25) is 0 Å². The normalized spacial score (nSPS) is 18.1. The number of hydrogen-bond donors (Lipinski definition) is 1. The van der Waals surface area contributed by atoms with Gasteiger partial charge >= 0.3 is 0 Å². The molecule has 4 aromatic rings. The summed E-state index contributed by atoms with van der Waals surface area (Å²) in [6, 6.07) is 20.0. The molecular weight excluding hydrogens is 408 g/mol. The molecule has 6 heteroatoms. The van der Waals surface area contributed by atoms with Crippen LogP contribution >= 0.6 is 11.3 Å². The first-order chi connectivity index (χ1) is 15.1. The van der Waals surface area contributed by atoms with Gasteiger partial charge in [-0.2, -0.15) is 0 Å². The first kappa shape index (κ1) is 19.2. The summed E-state index contributed by atoms with van der Waals surface area (Å²) < 4.78 is 0. The van der Waals surface area contributed by atoms with Gasteiger partial charge in [0.15, 0.2) is 0 Å². The first-order valence-corrected chi connectivity index (χ1v) is 10.7. The monoisotopic (exact) mass is 426 g/mol. The van der Waals surface area contributed by atoms with E-state index in [1.807, 2.05) is 53.9 Å². The van der Waals surface area contributed by atoms with E-state index in [2.05, 4.69) is 4.98 Å². The van der Waals surface area contributed by atoms with Crippen molar-refractivity contribution in [2.75, 3.05) is 0 Å². The summed E-state index contributed by atoms with van der Waals surface area (Å²) in [5, 5.41) is 15.1. The third-order valence-corrected chi connectivity index (χ3v) is 6.35. The van der Waals surface area contributed by atoms with Gasteiger partial charge in [-0.05, 0) is 46.0 Å². The predicted octanol–water partition coefficient (Wildman–Crippen LogP) is 4.92. The van der Waals surface area contributed by atoms with E-state index in [1.54, 1.807) is 30.6 Å². The number of likely N-dealkylation sites (tertiary alicyclic amines) is 1. The van der Waals surface area contributed by atoms with E-state index < -0.39 is 17.7 Å². The van der Waals surface area contributed by atoms with Crippen LogP contribution in [0.15, 0.2) is 90.1 Å².